The summed E-state index contributed by atoms with van der Waals surface area (Å²) in [6.07, 6.45) is 0. The molecule has 1 aromatic heterocycles. The van der Waals surface area contributed by atoms with Gasteiger partial charge in [0.1, 0.15) is 0 Å². The van der Waals surface area contributed by atoms with Gasteiger partial charge in [-0.25, -0.2) is 13.1 Å². The maximum Gasteiger partial charge on any atom is 0.241 e. The summed E-state index contributed by atoms with van der Waals surface area (Å²) >= 11 is 8.10. The molecule has 0 fully saturated rings. The molecule has 1 aromatic rings. The van der Waals surface area contributed by atoms with Gasteiger partial charge in [-0.15, -0.1) is 11.3 Å². The molecule has 0 aliphatic carbocycles. The zero-order valence-electron chi connectivity index (χ0n) is 9.88. The van der Waals surface area contributed by atoms with Crippen molar-refractivity contribution in [2.45, 2.75) is 25.7 Å². The molecule has 0 aliphatic heterocycles. The van der Waals surface area contributed by atoms with Crippen molar-refractivity contribution in [3.63, 3.8) is 0 Å². The molecule has 0 aliphatic rings. The van der Waals surface area contributed by atoms with Gasteiger partial charge in [0, 0.05) is 16.8 Å². The van der Waals surface area contributed by atoms with Gasteiger partial charge in [0.2, 0.25) is 10.0 Å². The molecule has 98 valence electrons. The third-order valence-corrected chi connectivity index (χ3v) is 6.96. The van der Waals surface area contributed by atoms with E-state index in [2.05, 4.69) is 36.6 Å². The van der Waals surface area contributed by atoms with Crippen LogP contribution >= 0.6 is 43.2 Å². The first-order valence-corrected chi connectivity index (χ1v) is 9.21. The highest BCUT2D eigenvalue weighted by atomic mass is 79.9. The van der Waals surface area contributed by atoms with Crippen LogP contribution in [0.2, 0.25) is 0 Å². The molecule has 1 N–H and O–H groups in total. The molecule has 17 heavy (non-hydrogen) atoms. The van der Waals surface area contributed by atoms with Gasteiger partial charge in [-0.2, -0.15) is 0 Å². The van der Waals surface area contributed by atoms with Crippen LogP contribution < -0.4 is 4.72 Å². The van der Waals surface area contributed by atoms with E-state index in [-0.39, 0.29) is 5.41 Å². The summed E-state index contributed by atoms with van der Waals surface area (Å²) in [6.45, 7) is 6.22. The zero-order chi connectivity index (χ0) is 13.3. The average molecular weight is 405 g/mol. The van der Waals surface area contributed by atoms with E-state index in [1.807, 2.05) is 13.8 Å². The van der Waals surface area contributed by atoms with Crippen molar-refractivity contribution in [1.29, 1.82) is 0 Å². The maximum atomic E-state index is 12.1. The molecule has 0 saturated heterocycles. The predicted molar refractivity (Wildman–Crippen MR) is 79.5 cm³/mol. The van der Waals surface area contributed by atoms with Gasteiger partial charge in [-0.05, 0) is 34.3 Å². The second-order valence-electron chi connectivity index (χ2n) is 4.59. The molecule has 0 bridgehead atoms. The molecule has 0 atom stereocenters. The molecule has 0 saturated carbocycles. The van der Waals surface area contributed by atoms with Crippen LogP contribution in [0.1, 0.15) is 18.7 Å². The van der Waals surface area contributed by atoms with Gasteiger partial charge < -0.3 is 0 Å². The second kappa shape index (κ2) is 5.69. The fraction of sp³-hybridized carbons (Fsp3) is 0.600. The minimum Gasteiger partial charge on any atom is -0.211 e. The second-order valence-corrected chi connectivity index (χ2v) is 9.53. The average Bonchev–Trinajstić information content (AvgIpc) is 2.56. The van der Waals surface area contributed by atoms with Crippen LogP contribution in [-0.2, 0) is 10.0 Å². The van der Waals surface area contributed by atoms with Crippen LogP contribution in [0.5, 0.6) is 0 Å². The van der Waals surface area contributed by atoms with Gasteiger partial charge in [0.05, 0.1) is 8.68 Å². The Morgan fingerprint density at radius 1 is 1.47 bits per heavy atom. The summed E-state index contributed by atoms with van der Waals surface area (Å²) in [7, 11) is -3.40. The molecule has 3 nitrogen and oxygen atoms in total. The van der Waals surface area contributed by atoms with E-state index in [0.717, 1.165) is 14.0 Å². The lowest BCUT2D eigenvalue weighted by molar-refractivity contribution is 0.420. The van der Waals surface area contributed by atoms with Gasteiger partial charge in [-0.3, -0.25) is 0 Å². The van der Waals surface area contributed by atoms with Gasteiger partial charge >= 0.3 is 0 Å². The normalized spacial score (nSPS) is 13.0. The first-order valence-electron chi connectivity index (χ1n) is 4.99. The first kappa shape index (κ1) is 15.6. The summed E-state index contributed by atoms with van der Waals surface area (Å²) in [5, 5.41) is 0.745. The number of hydrogen-bond acceptors (Lipinski definition) is 3. The Morgan fingerprint density at radius 2 is 2.06 bits per heavy atom. The lowest BCUT2D eigenvalue weighted by Gasteiger charge is -2.21. The molecular formula is C10H15Br2NO2S2. The number of halogens is 2. The van der Waals surface area contributed by atoms with Crippen molar-refractivity contribution in [2.75, 3.05) is 11.9 Å². The minimum absolute atomic E-state index is 0.103. The lowest BCUT2D eigenvalue weighted by atomic mass is 9.98. The van der Waals surface area contributed by atoms with Crippen LogP contribution in [0.4, 0.5) is 0 Å². The molecule has 0 aromatic carbocycles. The smallest absolute Gasteiger partial charge is 0.211 e. The Bertz CT molecular complexity index is 494. The van der Waals surface area contributed by atoms with Crippen molar-refractivity contribution in [3.05, 3.63) is 14.7 Å². The molecule has 0 radical (unpaired) electrons. The van der Waals surface area contributed by atoms with Crippen molar-refractivity contribution < 1.29 is 8.42 Å². The Kier molecular flexibility index (Phi) is 5.23. The zero-order valence-corrected chi connectivity index (χ0v) is 14.7. The third-order valence-electron chi connectivity index (χ3n) is 2.23. The Morgan fingerprint density at radius 3 is 2.47 bits per heavy atom. The van der Waals surface area contributed by atoms with Crippen LogP contribution in [0.15, 0.2) is 14.7 Å². The largest absolute Gasteiger partial charge is 0.241 e. The SMILES string of the molecule is Cc1sc(Br)cc1S(=O)(=O)NCC(C)(C)CBr. The van der Waals surface area contributed by atoms with Crippen LogP contribution in [0.3, 0.4) is 0 Å². The summed E-state index contributed by atoms with van der Waals surface area (Å²) in [4.78, 5) is 1.15. The maximum absolute atomic E-state index is 12.1. The Labute approximate surface area is 123 Å². The number of sulfonamides is 1. The molecule has 0 amide bonds. The predicted octanol–water partition coefficient (Wildman–Crippen LogP) is 3.52. The van der Waals surface area contributed by atoms with E-state index in [1.54, 1.807) is 13.0 Å². The number of aryl methyl sites for hydroxylation is 1. The van der Waals surface area contributed by atoms with E-state index in [1.165, 1.54) is 11.3 Å². The molecular weight excluding hydrogens is 390 g/mol. The molecule has 7 heteroatoms. The van der Waals surface area contributed by atoms with E-state index < -0.39 is 10.0 Å². The standard InChI is InChI=1S/C10H15Br2NO2S2/c1-7-8(4-9(12)16-7)17(14,15)13-6-10(2,3)5-11/h4,13H,5-6H2,1-3H3. The minimum atomic E-state index is -3.40. The van der Waals surface area contributed by atoms with Gasteiger partial charge in [0.25, 0.3) is 0 Å². The quantitative estimate of drug-likeness (QED) is 0.763. The number of thiophene rings is 1. The Hall–Kier alpha value is 0.570. The third kappa shape index (κ3) is 4.31. The van der Waals surface area contributed by atoms with Gasteiger partial charge in [-0.1, -0.05) is 29.8 Å². The van der Waals surface area contributed by atoms with E-state index in [4.69, 9.17) is 0 Å². The van der Waals surface area contributed by atoms with Crippen LogP contribution in [-0.4, -0.2) is 20.3 Å². The summed E-state index contributed by atoms with van der Waals surface area (Å²) in [6, 6.07) is 1.64. The summed E-state index contributed by atoms with van der Waals surface area (Å²) in [5.74, 6) is 0. The number of nitrogens with one attached hydrogen (secondary N) is 1. The molecule has 0 spiro atoms. The fourth-order valence-electron chi connectivity index (χ4n) is 1.11. The van der Waals surface area contributed by atoms with E-state index in [9.17, 15) is 8.42 Å². The van der Waals surface area contributed by atoms with Crippen LogP contribution in [0.25, 0.3) is 0 Å². The van der Waals surface area contributed by atoms with Crippen molar-refractivity contribution in [2.24, 2.45) is 5.41 Å². The Balaban J connectivity index is 2.87. The lowest BCUT2D eigenvalue weighted by Crippen LogP contribution is -2.34. The van der Waals surface area contributed by atoms with Crippen molar-refractivity contribution >= 4 is 53.2 Å². The highest BCUT2D eigenvalue weighted by Crippen LogP contribution is 2.29. The molecule has 1 heterocycles. The van der Waals surface area contributed by atoms with Gasteiger partial charge in [0.15, 0.2) is 0 Å². The monoisotopic (exact) mass is 403 g/mol. The number of alkyl halides is 1. The van der Waals surface area contributed by atoms with Crippen LogP contribution in [0, 0.1) is 12.3 Å². The highest BCUT2D eigenvalue weighted by molar-refractivity contribution is 9.11. The molecule has 1 rings (SSSR count). The van der Waals surface area contributed by atoms with Crippen molar-refractivity contribution in [1.82, 2.24) is 4.72 Å². The highest BCUT2D eigenvalue weighted by Gasteiger charge is 2.23. The molecule has 0 unspecified atom stereocenters. The number of rotatable bonds is 5. The topological polar surface area (TPSA) is 46.2 Å². The number of hydrogen-bond donors (Lipinski definition) is 1. The van der Waals surface area contributed by atoms with E-state index in [0.29, 0.717) is 11.4 Å². The summed E-state index contributed by atoms with van der Waals surface area (Å²) < 4.78 is 27.7. The van der Waals surface area contributed by atoms with Crippen molar-refractivity contribution in [3.8, 4) is 0 Å². The fourth-order valence-corrected chi connectivity index (χ4v) is 4.97. The van der Waals surface area contributed by atoms with E-state index >= 15 is 0 Å². The summed E-state index contributed by atoms with van der Waals surface area (Å²) in [5.41, 5.74) is -0.103. The first-order chi connectivity index (χ1) is 7.68.